The zero-order valence-corrected chi connectivity index (χ0v) is 17.1. The van der Waals surface area contributed by atoms with Crippen molar-refractivity contribution in [2.75, 3.05) is 12.9 Å². The second kappa shape index (κ2) is 7.47. The summed E-state index contributed by atoms with van der Waals surface area (Å²) < 4.78 is 34.8. The second-order valence-corrected chi connectivity index (χ2v) is 14.0. The topological polar surface area (TPSA) is 52.6 Å². The molecule has 0 unspecified atom stereocenters. The van der Waals surface area contributed by atoms with Gasteiger partial charge in [-0.1, -0.05) is 58.0 Å². The van der Waals surface area contributed by atoms with Crippen LogP contribution in [0.2, 0.25) is 18.1 Å². The van der Waals surface area contributed by atoms with E-state index < -0.39 is 24.5 Å². The maximum Gasteiger partial charge on any atom is 0.264 e. The summed E-state index contributed by atoms with van der Waals surface area (Å²) in [7, 11) is -5.51. The van der Waals surface area contributed by atoms with Crippen molar-refractivity contribution in [2.45, 2.75) is 57.8 Å². The molecule has 132 valence electrons. The van der Waals surface area contributed by atoms with Crippen LogP contribution in [0.3, 0.4) is 0 Å². The molecule has 0 spiro atoms. The van der Waals surface area contributed by atoms with Gasteiger partial charge in [0.25, 0.3) is 10.1 Å². The fourth-order valence-electron chi connectivity index (χ4n) is 1.96. The van der Waals surface area contributed by atoms with Crippen molar-refractivity contribution in [2.24, 2.45) is 0 Å². The molecule has 6 heteroatoms. The summed E-state index contributed by atoms with van der Waals surface area (Å²) in [6.07, 6.45) is 0.561. The van der Waals surface area contributed by atoms with Crippen LogP contribution in [0.15, 0.2) is 30.3 Å². The Labute approximate surface area is 142 Å². The first-order valence-corrected chi connectivity index (χ1v) is 12.6. The van der Waals surface area contributed by atoms with E-state index in [9.17, 15) is 8.42 Å². The van der Waals surface area contributed by atoms with Crippen molar-refractivity contribution in [1.82, 2.24) is 0 Å². The molecule has 0 amide bonds. The van der Waals surface area contributed by atoms with Gasteiger partial charge in [-0.15, -0.1) is 0 Å². The Morgan fingerprint density at radius 3 is 2.09 bits per heavy atom. The van der Waals surface area contributed by atoms with Gasteiger partial charge in [0.05, 0.1) is 12.9 Å². The van der Waals surface area contributed by atoms with Crippen molar-refractivity contribution in [3.05, 3.63) is 35.9 Å². The largest absolute Gasteiger partial charge is 0.414 e. The highest BCUT2D eigenvalue weighted by Gasteiger charge is 2.38. The normalized spacial score (nSPS) is 16.1. The van der Waals surface area contributed by atoms with Gasteiger partial charge in [0, 0.05) is 5.92 Å². The smallest absolute Gasteiger partial charge is 0.264 e. The van der Waals surface area contributed by atoms with Gasteiger partial charge < -0.3 is 4.43 Å². The molecule has 1 rings (SSSR count). The van der Waals surface area contributed by atoms with Gasteiger partial charge >= 0.3 is 0 Å². The molecule has 0 saturated carbocycles. The fourth-order valence-corrected chi connectivity index (χ4v) is 3.64. The van der Waals surface area contributed by atoms with E-state index >= 15 is 0 Å². The molecule has 0 aliphatic carbocycles. The number of hydrogen-bond donors (Lipinski definition) is 0. The third-order valence-electron chi connectivity index (χ3n) is 4.60. The summed E-state index contributed by atoms with van der Waals surface area (Å²) in [5.41, 5.74) is 1.04. The van der Waals surface area contributed by atoms with Crippen molar-refractivity contribution in [3.8, 4) is 0 Å². The van der Waals surface area contributed by atoms with Gasteiger partial charge in [-0.25, -0.2) is 0 Å². The third-order valence-corrected chi connectivity index (χ3v) is 9.69. The lowest BCUT2D eigenvalue weighted by Crippen LogP contribution is -2.44. The van der Waals surface area contributed by atoms with Crippen LogP contribution >= 0.6 is 0 Å². The monoisotopic (exact) mass is 358 g/mol. The lowest BCUT2D eigenvalue weighted by atomic mass is 9.96. The molecule has 0 bridgehead atoms. The van der Waals surface area contributed by atoms with Gasteiger partial charge in [0.1, 0.15) is 6.10 Å². The first kappa shape index (κ1) is 20.4. The van der Waals surface area contributed by atoms with Crippen LogP contribution in [0, 0.1) is 0 Å². The van der Waals surface area contributed by atoms with Crippen LogP contribution in [0.5, 0.6) is 0 Å². The van der Waals surface area contributed by atoms with Gasteiger partial charge in [-0.05, 0) is 23.7 Å². The molecule has 1 aromatic rings. The predicted octanol–water partition coefficient (Wildman–Crippen LogP) is 4.16. The first-order chi connectivity index (χ1) is 10.3. The van der Waals surface area contributed by atoms with Crippen LogP contribution in [0.4, 0.5) is 0 Å². The minimum absolute atomic E-state index is 0.0681. The molecule has 2 atom stereocenters. The molecule has 0 aromatic heterocycles. The van der Waals surface area contributed by atoms with Crippen LogP contribution < -0.4 is 0 Å². The van der Waals surface area contributed by atoms with Crippen LogP contribution in [-0.4, -0.2) is 35.7 Å². The van der Waals surface area contributed by atoms with E-state index in [1.165, 1.54) is 0 Å². The molecule has 0 aliphatic heterocycles. The van der Waals surface area contributed by atoms with Crippen molar-refractivity contribution in [1.29, 1.82) is 0 Å². The molecule has 23 heavy (non-hydrogen) atoms. The van der Waals surface area contributed by atoms with E-state index in [0.717, 1.165) is 11.8 Å². The highest BCUT2D eigenvalue weighted by molar-refractivity contribution is 7.86. The Bertz CT molecular complexity index is 591. The van der Waals surface area contributed by atoms with Crippen LogP contribution in [0.1, 0.15) is 39.2 Å². The fraction of sp³-hybridized carbons (Fsp3) is 0.647. The summed E-state index contributed by atoms with van der Waals surface area (Å²) in [5.74, 6) is -0.0734. The number of hydrogen-bond acceptors (Lipinski definition) is 4. The average molecular weight is 359 g/mol. The summed E-state index contributed by atoms with van der Waals surface area (Å²) >= 11 is 0. The van der Waals surface area contributed by atoms with Crippen molar-refractivity contribution < 1.29 is 17.0 Å². The van der Waals surface area contributed by atoms with Gasteiger partial charge in [-0.3, -0.25) is 4.18 Å². The third kappa shape index (κ3) is 6.37. The van der Waals surface area contributed by atoms with Gasteiger partial charge in [0.15, 0.2) is 8.32 Å². The minimum Gasteiger partial charge on any atom is -0.414 e. The standard InChI is InChI=1S/C17H30O4SSi/c1-14(15-11-9-8-10-12-15)16(21-22(5,18)19)13-20-23(6,7)17(2,3)4/h8-12,14,16H,13H2,1-7H3/t14-,16+/m1/s1. The lowest BCUT2D eigenvalue weighted by molar-refractivity contribution is 0.109. The quantitative estimate of drug-likeness (QED) is 0.542. The van der Waals surface area contributed by atoms with Gasteiger partial charge in [0.2, 0.25) is 0 Å². The molecule has 0 heterocycles. The Morgan fingerprint density at radius 1 is 1.13 bits per heavy atom. The van der Waals surface area contributed by atoms with E-state index in [-0.39, 0.29) is 17.6 Å². The average Bonchev–Trinajstić information content (AvgIpc) is 2.41. The Morgan fingerprint density at radius 2 is 1.65 bits per heavy atom. The molecule has 0 aliphatic rings. The zero-order valence-electron chi connectivity index (χ0n) is 15.3. The maximum absolute atomic E-state index is 11.6. The van der Waals surface area contributed by atoms with Gasteiger partial charge in [-0.2, -0.15) is 8.42 Å². The summed E-state index contributed by atoms with van der Waals surface area (Å²) in [4.78, 5) is 0. The molecule has 0 saturated heterocycles. The second-order valence-electron chi connectivity index (χ2n) is 7.61. The van der Waals surface area contributed by atoms with E-state index in [1.807, 2.05) is 37.3 Å². The molecule has 0 fully saturated rings. The maximum atomic E-state index is 11.6. The zero-order chi connectivity index (χ0) is 17.9. The highest BCUT2D eigenvalue weighted by Crippen LogP contribution is 2.37. The highest BCUT2D eigenvalue weighted by atomic mass is 32.2. The molecule has 0 N–H and O–H groups in total. The molecule has 4 nitrogen and oxygen atoms in total. The van der Waals surface area contributed by atoms with E-state index in [4.69, 9.17) is 8.61 Å². The Hall–Kier alpha value is -0.693. The predicted molar refractivity (Wildman–Crippen MR) is 97.7 cm³/mol. The summed E-state index contributed by atoms with van der Waals surface area (Å²) in [6, 6.07) is 9.79. The van der Waals surface area contributed by atoms with E-state index in [2.05, 4.69) is 33.9 Å². The molecular formula is C17H30O4SSi. The lowest BCUT2D eigenvalue weighted by Gasteiger charge is -2.37. The Balaban J connectivity index is 2.94. The molecule has 1 aromatic carbocycles. The Kier molecular flexibility index (Phi) is 6.61. The van der Waals surface area contributed by atoms with E-state index in [0.29, 0.717) is 0 Å². The van der Waals surface area contributed by atoms with Crippen molar-refractivity contribution >= 4 is 18.4 Å². The van der Waals surface area contributed by atoms with Crippen molar-refractivity contribution in [3.63, 3.8) is 0 Å². The molecule has 0 radical (unpaired) electrons. The van der Waals surface area contributed by atoms with Crippen LogP contribution in [-0.2, 0) is 18.7 Å². The number of benzene rings is 1. The minimum atomic E-state index is -3.54. The van der Waals surface area contributed by atoms with E-state index in [1.54, 1.807) is 0 Å². The molecular weight excluding hydrogens is 328 g/mol. The van der Waals surface area contributed by atoms with Crippen LogP contribution in [0.25, 0.3) is 0 Å². The first-order valence-electron chi connectivity index (χ1n) is 7.91. The summed E-state index contributed by atoms with van der Waals surface area (Å²) in [6.45, 7) is 13.0. The SMILES string of the molecule is C[C@H](c1ccccc1)[C@H](CO[Si](C)(C)C(C)(C)C)OS(C)(=O)=O. The summed E-state index contributed by atoms with van der Waals surface area (Å²) in [5, 5.41) is 0.0681. The number of rotatable bonds is 7.